The third kappa shape index (κ3) is 5.53. The molecule has 2 aliphatic rings. The zero-order valence-electron chi connectivity index (χ0n) is 24.1. The van der Waals surface area contributed by atoms with Gasteiger partial charge in [0.25, 0.3) is 0 Å². The molecule has 220 valence electrons. The van der Waals surface area contributed by atoms with Crippen LogP contribution in [0.4, 0.5) is 5.69 Å². The summed E-state index contributed by atoms with van der Waals surface area (Å²) < 4.78 is 11.2. The summed E-state index contributed by atoms with van der Waals surface area (Å²) in [5.74, 6) is -1.71. The minimum atomic E-state index is -0.788. The maximum absolute atomic E-state index is 13.8. The quantitative estimate of drug-likeness (QED) is 0.202. The summed E-state index contributed by atoms with van der Waals surface area (Å²) in [6.07, 6.45) is 3.20. The maximum Gasteiger partial charge on any atom is 0.361 e. The fraction of sp³-hybridized carbons (Fsp3) is 0.281. The Bertz CT molecular complexity index is 1720. The van der Waals surface area contributed by atoms with Crippen molar-refractivity contribution in [3.63, 3.8) is 0 Å². The highest BCUT2D eigenvalue weighted by molar-refractivity contribution is 7.98. The summed E-state index contributed by atoms with van der Waals surface area (Å²) >= 11 is 1.60. The predicted molar refractivity (Wildman–Crippen MR) is 162 cm³/mol. The SMILES string of the molecule is COC(=O)c1nnn([C@H]2C[C@@H](C(=O)Nc3cccc(SC)c3)N(Cc3ccc4c(c3)Cc3ccccc3-4)C2)c1C(=O)OC. The van der Waals surface area contributed by atoms with Crippen molar-refractivity contribution < 1.29 is 23.9 Å². The number of ether oxygens (including phenoxy) is 2. The van der Waals surface area contributed by atoms with Gasteiger partial charge in [0.05, 0.1) is 26.3 Å². The monoisotopic (exact) mass is 597 g/mol. The number of nitrogens with zero attached hydrogens (tertiary/aromatic N) is 4. The van der Waals surface area contributed by atoms with Crippen LogP contribution in [0.15, 0.2) is 71.6 Å². The van der Waals surface area contributed by atoms with Crippen molar-refractivity contribution >= 4 is 35.3 Å². The van der Waals surface area contributed by atoms with E-state index in [4.69, 9.17) is 9.47 Å². The van der Waals surface area contributed by atoms with Crippen molar-refractivity contribution in [2.24, 2.45) is 0 Å². The van der Waals surface area contributed by atoms with E-state index in [9.17, 15) is 14.4 Å². The van der Waals surface area contributed by atoms with Gasteiger partial charge in [-0.2, -0.15) is 0 Å². The van der Waals surface area contributed by atoms with Crippen molar-refractivity contribution in [2.45, 2.75) is 36.4 Å². The Morgan fingerprint density at radius 1 is 0.953 bits per heavy atom. The van der Waals surface area contributed by atoms with E-state index in [1.165, 1.54) is 41.2 Å². The van der Waals surface area contributed by atoms with Gasteiger partial charge in [0.15, 0.2) is 5.69 Å². The molecule has 1 amide bonds. The Hall–Kier alpha value is -4.48. The van der Waals surface area contributed by atoms with Crippen LogP contribution in [0.2, 0.25) is 0 Å². The van der Waals surface area contributed by atoms with E-state index in [1.54, 1.807) is 11.8 Å². The van der Waals surface area contributed by atoms with Crippen LogP contribution in [-0.4, -0.2) is 70.8 Å². The number of amides is 1. The van der Waals surface area contributed by atoms with Crippen molar-refractivity contribution in [3.05, 3.63) is 94.8 Å². The average molecular weight is 598 g/mol. The van der Waals surface area contributed by atoms with Crippen molar-refractivity contribution in [1.29, 1.82) is 0 Å². The van der Waals surface area contributed by atoms with Gasteiger partial charge >= 0.3 is 11.9 Å². The molecule has 1 saturated heterocycles. The largest absolute Gasteiger partial charge is 0.464 e. The number of aromatic nitrogens is 3. The Labute approximate surface area is 253 Å². The smallest absolute Gasteiger partial charge is 0.361 e. The van der Waals surface area contributed by atoms with E-state index < -0.39 is 24.0 Å². The number of carbonyl (C=O) groups is 3. The van der Waals surface area contributed by atoms with Crippen LogP contribution in [0.1, 0.15) is 50.1 Å². The summed E-state index contributed by atoms with van der Waals surface area (Å²) in [6, 6.07) is 21.6. The molecule has 43 heavy (non-hydrogen) atoms. The lowest BCUT2D eigenvalue weighted by atomic mass is 10.0. The lowest BCUT2D eigenvalue weighted by Crippen LogP contribution is -2.39. The van der Waals surface area contributed by atoms with Crippen LogP contribution in [-0.2, 0) is 27.2 Å². The van der Waals surface area contributed by atoms with Gasteiger partial charge in [0, 0.05) is 23.7 Å². The molecular weight excluding hydrogens is 566 g/mol. The van der Waals surface area contributed by atoms with Crippen LogP contribution in [0, 0.1) is 0 Å². The number of likely N-dealkylation sites (tertiary alicyclic amines) is 1. The summed E-state index contributed by atoms with van der Waals surface area (Å²) in [5.41, 5.74) is 6.54. The molecule has 2 atom stereocenters. The first-order chi connectivity index (χ1) is 20.9. The van der Waals surface area contributed by atoms with Crippen molar-refractivity contribution in [1.82, 2.24) is 19.9 Å². The number of esters is 2. The molecule has 0 unspecified atom stereocenters. The fourth-order valence-electron chi connectivity index (χ4n) is 6.03. The molecule has 3 aromatic carbocycles. The lowest BCUT2D eigenvalue weighted by Gasteiger charge is -2.24. The molecule has 2 heterocycles. The summed E-state index contributed by atoms with van der Waals surface area (Å²) in [7, 11) is 2.44. The number of carbonyl (C=O) groups excluding carboxylic acids is 3. The van der Waals surface area contributed by atoms with E-state index in [0.717, 1.165) is 16.9 Å². The summed E-state index contributed by atoms with van der Waals surface area (Å²) in [4.78, 5) is 42.0. The number of benzene rings is 3. The Balaban J connectivity index is 1.31. The molecule has 11 heteroatoms. The molecular formula is C32H31N5O5S. The van der Waals surface area contributed by atoms with E-state index in [1.807, 2.05) is 30.5 Å². The number of nitrogens with one attached hydrogen (secondary N) is 1. The number of hydrogen-bond donors (Lipinski definition) is 1. The third-order valence-corrected chi connectivity index (χ3v) is 8.79. The number of methoxy groups -OCH3 is 2. The fourth-order valence-corrected chi connectivity index (χ4v) is 6.49. The normalized spacial score (nSPS) is 17.3. The van der Waals surface area contributed by atoms with Crippen LogP contribution in [0.3, 0.4) is 0 Å². The second-order valence-corrected chi connectivity index (χ2v) is 11.5. The molecule has 1 aliphatic heterocycles. The van der Waals surface area contributed by atoms with E-state index >= 15 is 0 Å². The average Bonchev–Trinajstić information content (AvgIpc) is 3.75. The summed E-state index contributed by atoms with van der Waals surface area (Å²) in [5, 5.41) is 11.2. The van der Waals surface area contributed by atoms with Gasteiger partial charge in [-0.3, -0.25) is 9.69 Å². The molecule has 0 spiro atoms. The van der Waals surface area contributed by atoms with Gasteiger partial charge in [-0.05, 0) is 65.1 Å². The van der Waals surface area contributed by atoms with Gasteiger partial charge in [-0.1, -0.05) is 53.7 Å². The third-order valence-electron chi connectivity index (χ3n) is 8.06. The van der Waals surface area contributed by atoms with Gasteiger partial charge in [0.2, 0.25) is 11.6 Å². The first kappa shape index (κ1) is 28.6. The van der Waals surface area contributed by atoms with E-state index in [0.29, 0.717) is 25.2 Å². The maximum atomic E-state index is 13.8. The van der Waals surface area contributed by atoms with Crippen LogP contribution >= 0.6 is 11.8 Å². The second-order valence-electron chi connectivity index (χ2n) is 10.6. The zero-order chi connectivity index (χ0) is 30.1. The van der Waals surface area contributed by atoms with Crippen molar-refractivity contribution in [2.75, 3.05) is 32.3 Å². The van der Waals surface area contributed by atoms with Crippen molar-refractivity contribution in [3.8, 4) is 11.1 Å². The standard InChI is InChI=1S/C32H31N5O5S/c1-41-31(39)28-29(32(40)42-2)37(35-34-28)23-16-27(30(38)33-22-8-6-9-24(15-22)43-3)36(18-23)17-19-11-12-26-21(13-19)14-20-7-4-5-10-25(20)26/h4-13,15,23,27H,14,16-18H2,1-3H3,(H,33,38)/t23-,27-/m0/s1. The topological polar surface area (TPSA) is 116 Å². The number of rotatable bonds is 8. The number of hydrogen-bond acceptors (Lipinski definition) is 9. The second kappa shape index (κ2) is 12.0. The van der Waals surface area contributed by atoms with Gasteiger partial charge in [-0.25, -0.2) is 14.3 Å². The Morgan fingerprint density at radius 3 is 2.53 bits per heavy atom. The van der Waals surface area contributed by atoms with Crippen LogP contribution in [0.5, 0.6) is 0 Å². The molecule has 6 rings (SSSR count). The molecule has 1 aliphatic carbocycles. The highest BCUT2D eigenvalue weighted by Crippen LogP contribution is 2.38. The Kier molecular flexibility index (Phi) is 8.00. The molecule has 0 bridgehead atoms. The molecule has 0 radical (unpaired) electrons. The number of anilines is 1. The predicted octanol–water partition coefficient (Wildman–Crippen LogP) is 4.60. The first-order valence-corrected chi connectivity index (χ1v) is 15.1. The van der Waals surface area contributed by atoms with Gasteiger partial charge in [0.1, 0.15) is 0 Å². The highest BCUT2D eigenvalue weighted by atomic mass is 32.2. The number of fused-ring (bicyclic) bond motifs is 3. The zero-order valence-corrected chi connectivity index (χ0v) is 24.9. The molecule has 1 aromatic heterocycles. The molecule has 4 aromatic rings. The van der Waals surface area contributed by atoms with E-state index in [-0.39, 0.29) is 17.3 Å². The highest BCUT2D eigenvalue weighted by Gasteiger charge is 2.41. The minimum Gasteiger partial charge on any atom is -0.464 e. The first-order valence-electron chi connectivity index (χ1n) is 13.9. The summed E-state index contributed by atoms with van der Waals surface area (Å²) in [6.45, 7) is 0.906. The molecule has 1 N–H and O–H groups in total. The molecule has 0 saturated carbocycles. The minimum absolute atomic E-state index is 0.0941. The van der Waals surface area contributed by atoms with Gasteiger partial charge in [-0.15, -0.1) is 16.9 Å². The number of thioether (sulfide) groups is 1. The lowest BCUT2D eigenvalue weighted by molar-refractivity contribution is -0.120. The molecule has 1 fully saturated rings. The Morgan fingerprint density at radius 2 is 1.74 bits per heavy atom. The van der Waals surface area contributed by atoms with Gasteiger partial charge < -0.3 is 14.8 Å². The van der Waals surface area contributed by atoms with Crippen LogP contribution < -0.4 is 5.32 Å². The van der Waals surface area contributed by atoms with E-state index in [2.05, 4.69) is 63.0 Å². The molecule has 10 nitrogen and oxygen atoms in total. The van der Waals surface area contributed by atoms with Crippen LogP contribution in [0.25, 0.3) is 11.1 Å².